The maximum absolute atomic E-state index is 13.6. The summed E-state index contributed by atoms with van der Waals surface area (Å²) in [5, 5.41) is 8.44. The van der Waals surface area contributed by atoms with Crippen molar-refractivity contribution in [2.45, 2.75) is 20.0 Å². The maximum Gasteiger partial charge on any atom is 0.271 e. The van der Waals surface area contributed by atoms with Gasteiger partial charge in [0, 0.05) is 5.56 Å². The van der Waals surface area contributed by atoms with Gasteiger partial charge in [0.1, 0.15) is 44.3 Å². The molecule has 0 radical (unpaired) electrons. The molecule has 0 aliphatic carbocycles. The normalized spacial score (nSPS) is 19.3. The summed E-state index contributed by atoms with van der Waals surface area (Å²) in [6, 6.07) is 12.8. The van der Waals surface area contributed by atoms with Crippen LogP contribution < -0.4 is 14.5 Å². The summed E-state index contributed by atoms with van der Waals surface area (Å²) in [6.45, 7) is 7.58. The number of benzene rings is 2. The van der Waals surface area contributed by atoms with Gasteiger partial charge in [0.25, 0.3) is 5.89 Å². The lowest BCUT2D eigenvalue weighted by Crippen LogP contribution is -3.27. The van der Waals surface area contributed by atoms with Gasteiger partial charge in [0.2, 0.25) is 5.89 Å². The molecule has 0 bridgehead atoms. The first-order valence-electron chi connectivity index (χ1n) is 9.99. The summed E-state index contributed by atoms with van der Waals surface area (Å²) in [4.78, 5) is 2.86. The molecule has 0 unspecified atom stereocenters. The lowest BCUT2D eigenvalue weighted by molar-refractivity contribution is -1.02. The molecule has 1 saturated heterocycles. The van der Waals surface area contributed by atoms with Gasteiger partial charge in [-0.3, -0.25) is 0 Å². The van der Waals surface area contributed by atoms with Crippen LogP contribution in [0.4, 0.5) is 4.39 Å². The fourth-order valence-corrected chi connectivity index (χ4v) is 3.90. The van der Waals surface area contributed by atoms with Crippen LogP contribution in [-0.2, 0) is 13.1 Å². The standard InChI is InChI=1S/C22H25FN4O2/c1-16-4-3-5-17(12-16)22-25-24-21(29-22)15-27-10-8-26(9-11-27)14-18-13-19(23)6-7-20(18)28-2/h3-7,12-13H,8-11,14-15H2,1-2H3/p+2. The number of hydrogen-bond acceptors (Lipinski definition) is 4. The summed E-state index contributed by atoms with van der Waals surface area (Å²) >= 11 is 0. The van der Waals surface area contributed by atoms with Gasteiger partial charge >= 0.3 is 0 Å². The Morgan fingerprint density at radius 2 is 1.76 bits per heavy atom. The van der Waals surface area contributed by atoms with Crippen LogP contribution in [0.15, 0.2) is 46.9 Å². The molecule has 1 aliphatic heterocycles. The molecule has 0 atom stereocenters. The molecular formula is C22H27FN4O2+2. The summed E-state index contributed by atoms with van der Waals surface area (Å²) in [7, 11) is 1.63. The number of ether oxygens (including phenoxy) is 1. The van der Waals surface area contributed by atoms with Crippen molar-refractivity contribution in [2.75, 3.05) is 33.3 Å². The Balaban J connectivity index is 1.32. The average molecular weight is 398 g/mol. The minimum atomic E-state index is -0.217. The quantitative estimate of drug-likeness (QED) is 0.641. The predicted octanol–water partition coefficient (Wildman–Crippen LogP) is 0.676. The van der Waals surface area contributed by atoms with Crippen LogP contribution in [0.25, 0.3) is 11.5 Å². The summed E-state index contributed by atoms with van der Waals surface area (Å²) < 4.78 is 24.9. The molecule has 2 heterocycles. The van der Waals surface area contributed by atoms with Crippen molar-refractivity contribution >= 4 is 0 Å². The van der Waals surface area contributed by atoms with Crippen molar-refractivity contribution < 1.29 is 23.3 Å². The van der Waals surface area contributed by atoms with E-state index in [1.165, 1.54) is 21.4 Å². The number of nitrogens with one attached hydrogen (secondary N) is 2. The van der Waals surface area contributed by atoms with Crippen LogP contribution in [-0.4, -0.2) is 43.5 Å². The Hall–Kier alpha value is -2.77. The van der Waals surface area contributed by atoms with Crippen LogP contribution in [0.2, 0.25) is 0 Å². The van der Waals surface area contributed by atoms with Crippen LogP contribution in [0.5, 0.6) is 5.75 Å². The van der Waals surface area contributed by atoms with E-state index in [-0.39, 0.29) is 5.82 Å². The second-order valence-electron chi connectivity index (χ2n) is 7.68. The second-order valence-corrected chi connectivity index (χ2v) is 7.68. The van der Waals surface area contributed by atoms with Gasteiger partial charge in [-0.05, 0) is 37.3 Å². The fourth-order valence-electron chi connectivity index (χ4n) is 3.90. The minimum Gasteiger partial charge on any atom is -0.496 e. The molecule has 4 rings (SSSR count). The molecule has 1 aliphatic rings. The van der Waals surface area contributed by atoms with Gasteiger partial charge in [-0.1, -0.05) is 17.7 Å². The molecule has 6 nitrogen and oxygen atoms in total. The van der Waals surface area contributed by atoms with E-state index in [0.717, 1.165) is 56.1 Å². The van der Waals surface area contributed by atoms with Crippen molar-refractivity contribution in [3.05, 3.63) is 65.3 Å². The number of methoxy groups -OCH3 is 1. The highest BCUT2D eigenvalue weighted by molar-refractivity contribution is 5.53. The van der Waals surface area contributed by atoms with E-state index in [0.29, 0.717) is 11.8 Å². The van der Waals surface area contributed by atoms with Gasteiger partial charge in [0.05, 0.1) is 12.7 Å². The SMILES string of the molecule is COc1ccc(F)cc1C[NH+]1CC[NH+](Cc2nnc(-c3cccc(C)c3)o2)CC1. The smallest absolute Gasteiger partial charge is 0.271 e. The molecule has 0 amide bonds. The third-order valence-corrected chi connectivity index (χ3v) is 5.48. The van der Waals surface area contributed by atoms with Gasteiger partial charge in [0.15, 0.2) is 6.54 Å². The van der Waals surface area contributed by atoms with E-state index in [1.807, 2.05) is 31.2 Å². The minimum absolute atomic E-state index is 0.217. The third-order valence-electron chi connectivity index (χ3n) is 5.48. The van der Waals surface area contributed by atoms with E-state index < -0.39 is 0 Å². The third kappa shape index (κ3) is 4.81. The number of halogens is 1. The van der Waals surface area contributed by atoms with Crippen LogP contribution >= 0.6 is 0 Å². The van der Waals surface area contributed by atoms with Crippen molar-refractivity contribution in [1.29, 1.82) is 0 Å². The fraction of sp³-hybridized carbons (Fsp3) is 0.364. The number of quaternary nitrogens is 2. The van der Waals surface area contributed by atoms with Gasteiger partial charge in [-0.2, -0.15) is 0 Å². The number of nitrogens with zero attached hydrogens (tertiary/aromatic N) is 2. The predicted molar refractivity (Wildman–Crippen MR) is 106 cm³/mol. The molecule has 2 N–H and O–H groups in total. The topological polar surface area (TPSA) is 57.0 Å². The first kappa shape index (κ1) is 19.5. The van der Waals surface area contributed by atoms with E-state index >= 15 is 0 Å². The summed E-state index contributed by atoms with van der Waals surface area (Å²) in [6.07, 6.45) is 0. The van der Waals surface area contributed by atoms with Crippen molar-refractivity contribution in [2.24, 2.45) is 0 Å². The zero-order valence-electron chi connectivity index (χ0n) is 16.9. The molecular weight excluding hydrogens is 371 g/mol. The Morgan fingerprint density at radius 3 is 2.48 bits per heavy atom. The molecule has 1 fully saturated rings. The average Bonchev–Trinajstić information content (AvgIpc) is 3.18. The van der Waals surface area contributed by atoms with Crippen LogP contribution in [0.3, 0.4) is 0 Å². The number of aromatic nitrogens is 2. The van der Waals surface area contributed by atoms with Crippen LogP contribution in [0.1, 0.15) is 17.0 Å². The lowest BCUT2D eigenvalue weighted by Gasteiger charge is -2.29. The van der Waals surface area contributed by atoms with Gasteiger partial charge in [-0.25, -0.2) is 4.39 Å². The highest BCUT2D eigenvalue weighted by Crippen LogP contribution is 2.19. The first-order chi connectivity index (χ1) is 14.1. The number of piperazine rings is 1. The monoisotopic (exact) mass is 398 g/mol. The summed E-state index contributed by atoms with van der Waals surface area (Å²) in [5.41, 5.74) is 3.05. The lowest BCUT2D eigenvalue weighted by atomic mass is 10.1. The molecule has 1 aromatic heterocycles. The molecule has 7 heteroatoms. The largest absolute Gasteiger partial charge is 0.496 e. The molecule has 0 spiro atoms. The van der Waals surface area contributed by atoms with Gasteiger partial charge < -0.3 is 19.0 Å². The Morgan fingerprint density at radius 1 is 1.00 bits per heavy atom. The van der Waals surface area contributed by atoms with Gasteiger partial charge in [-0.15, -0.1) is 10.2 Å². The van der Waals surface area contributed by atoms with E-state index in [4.69, 9.17) is 9.15 Å². The molecule has 152 valence electrons. The number of aryl methyl sites for hydroxylation is 1. The summed E-state index contributed by atoms with van der Waals surface area (Å²) in [5.74, 6) is 1.78. The van der Waals surface area contributed by atoms with Crippen molar-refractivity contribution in [3.8, 4) is 17.2 Å². The first-order valence-corrected chi connectivity index (χ1v) is 9.99. The van der Waals surface area contributed by atoms with Crippen LogP contribution in [0, 0.1) is 12.7 Å². The van der Waals surface area contributed by atoms with E-state index in [1.54, 1.807) is 19.2 Å². The Bertz CT molecular complexity index is 967. The molecule has 29 heavy (non-hydrogen) atoms. The maximum atomic E-state index is 13.6. The van der Waals surface area contributed by atoms with Crippen molar-refractivity contribution in [1.82, 2.24) is 10.2 Å². The zero-order valence-corrected chi connectivity index (χ0v) is 16.9. The zero-order chi connectivity index (χ0) is 20.2. The number of rotatable bonds is 6. The van der Waals surface area contributed by atoms with E-state index in [2.05, 4.69) is 10.2 Å². The Labute approximate surface area is 169 Å². The Kier molecular flexibility index (Phi) is 5.87. The molecule has 2 aromatic carbocycles. The molecule has 0 saturated carbocycles. The molecule has 3 aromatic rings. The van der Waals surface area contributed by atoms with E-state index in [9.17, 15) is 4.39 Å². The van der Waals surface area contributed by atoms with Crippen molar-refractivity contribution in [3.63, 3.8) is 0 Å². The second kappa shape index (κ2) is 8.71. The highest BCUT2D eigenvalue weighted by atomic mass is 19.1. The highest BCUT2D eigenvalue weighted by Gasteiger charge is 2.26. The number of hydrogen-bond donors (Lipinski definition) is 2.